The number of aromatic nitrogens is 2. The summed E-state index contributed by atoms with van der Waals surface area (Å²) in [6.07, 6.45) is 5.41. The Labute approximate surface area is 94.5 Å². The Morgan fingerprint density at radius 3 is 3.19 bits per heavy atom. The van der Waals surface area contributed by atoms with Crippen molar-refractivity contribution in [1.82, 2.24) is 15.1 Å². The quantitative estimate of drug-likeness (QED) is 0.795. The van der Waals surface area contributed by atoms with E-state index in [0.717, 1.165) is 25.8 Å². The Hall–Kier alpha value is -1.36. The van der Waals surface area contributed by atoms with Gasteiger partial charge in [-0.05, 0) is 31.7 Å². The third kappa shape index (κ3) is 2.24. The van der Waals surface area contributed by atoms with Gasteiger partial charge in [0, 0.05) is 25.4 Å². The van der Waals surface area contributed by atoms with Gasteiger partial charge in [0.1, 0.15) is 5.69 Å². The highest BCUT2D eigenvalue weighted by molar-refractivity contribution is 5.92. The number of carbonyl (C=O) groups excluding carboxylic acids is 1. The van der Waals surface area contributed by atoms with E-state index in [1.165, 1.54) is 0 Å². The van der Waals surface area contributed by atoms with Crippen LogP contribution in [0.1, 0.15) is 36.2 Å². The molecule has 0 saturated carbocycles. The van der Waals surface area contributed by atoms with Gasteiger partial charge in [-0.15, -0.1) is 0 Å². The maximum Gasteiger partial charge on any atom is 0.272 e. The number of hydrogen-bond acceptors (Lipinski definition) is 3. The SMILES string of the molecule is O=C(c1ccn[nH]1)N1CCCCC1CCO. The molecule has 0 bridgehead atoms. The Morgan fingerprint density at radius 1 is 1.62 bits per heavy atom. The van der Waals surface area contributed by atoms with Crippen LogP contribution in [0, 0.1) is 0 Å². The van der Waals surface area contributed by atoms with E-state index < -0.39 is 0 Å². The summed E-state index contributed by atoms with van der Waals surface area (Å²) < 4.78 is 0. The highest BCUT2D eigenvalue weighted by atomic mass is 16.3. The normalized spacial score (nSPS) is 21.1. The van der Waals surface area contributed by atoms with Crippen molar-refractivity contribution in [2.45, 2.75) is 31.7 Å². The molecule has 0 aromatic carbocycles. The molecule has 16 heavy (non-hydrogen) atoms. The van der Waals surface area contributed by atoms with E-state index in [1.54, 1.807) is 12.3 Å². The van der Waals surface area contributed by atoms with Crippen molar-refractivity contribution in [2.75, 3.05) is 13.2 Å². The van der Waals surface area contributed by atoms with Crippen LogP contribution in [0.15, 0.2) is 12.3 Å². The number of aliphatic hydroxyl groups excluding tert-OH is 1. The minimum atomic E-state index is -0.00403. The molecule has 2 N–H and O–H groups in total. The summed E-state index contributed by atoms with van der Waals surface area (Å²) in [5.74, 6) is -0.00403. The van der Waals surface area contributed by atoms with Gasteiger partial charge in [-0.25, -0.2) is 0 Å². The van der Waals surface area contributed by atoms with Crippen molar-refractivity contribution in [1.29, 1.82) is 0 Å². The van der Waals surface area contributed by atoms with Gasteiger partial charge >= 0.3 is 0 Å². The average molecular weight is 223 g/mol. The Kier molecular flexibility index (Phi) is 3.56. The largest absolute Gasteiger partial charge is 0.396 e. The lowest BCUT2D eigenvalue weighted by Gasteiger charge is -2.35. The van der Waals surface area contributed by atoms with Crippen molar-refractivity contribution in [3.8, 4) is 0 Å². The molecule has 1 saturated heterocycles. The smallest absolute Gasteiger partial charge is 0.272 e. The van der Waals surface area contributed by atoms with E-state index in [1.807, 2.05) is 4.90 Å². The monoisotopic (exact) mass is 223 g/mol. The van der Waals surface area contributed by atoms with Crippen LogP contribution in [0.5, 0.6) is 0 Å². The Bertz CT molecular complexity index is 335. The summed E-state index contributed by atoms with van der Waals surface area (Å²) in [7, 11) is 0. The molecular weight excluding hydrogens is 206 g/mol. The van der Waals surface area contributed by atoms with E-state index in [4.69, 9.17) is 5.11 Å². The Morgan fingerprint density at radius 2 is 2.50 bits per heavy atom. The van der Waals surface area contributed by atoms with Crippen molar-refractivity contribution in [3.05, 3.63) is 18.0 Å². The first-order chi connectivity index (χ1) is 7.83. The number of nitrogens with one attached hydrogen (secondary N) is 1. The summed E-state index contributed by atoms with van der Waals surface area (Å²) in [5, 5.41) is 15.5. The molecule has 5 nitrogen and oxygen atoms in total. The zero-order valence-corrected chi connectivity index (χ0v) is 9.22. The molecule has 5 heteroatoms. The van der Waals surface area contributed by atoms with Gasteiger partial charge in [0.15, 0.2) is 0 Å². The van der Waals surface area contributed by atoms with Crippen molar-refractivity contribution < 1.29 is 9.90 Å². The van der Waals surface area contributed by atoms with Gasteiger partial charge in [0.25, 0.3) is 5.91 Å². The summed E-state index contributed by atoms with van der Waals surface area (Å²) in [5.41, 5.74) is 0.532. The highest BCUT2D eigenvalue weighted by Crippen LogP contribution is 2.21. The van der Waals surface area contributed by atoms with E-state index in [0.29, 0.717) is 12.1 Å². The van der Waals surface area contributed by atoms with Gasteiger partial charge in [0.2, 0.25) is 0 Å². The van der Waals surface area contributed by atoms with Crippen molar-refractivity contribution in [2.24, 2.45) is 0 Å². The third-order valence-corrected chi connectivity index (χ3v) is 3.08. The van der Waals surface area contributed by atoms with E-state index in [9.17, 15) is 4.79 Å². The minimum Gasteiger partial charge on any atom is -0.396 e. The first kappa shape index (κ1) is 11.1. The number of likely N-dealkylation sites (tertiary alicyclic amines) is 1. The molecule has 1 aromatic rings. The number of aromatic amines is 1. The molecule has 1 unspecified atom stereocenters. The fourth-order valence-corrected chi connectivity index (χ4v) is 2.25. The van der Waals surface area contributed by atoms with Gasteiger partial charge < -0.3 is 10.0 Å². The zero-order chi connectivity index (χ0) is 11.4. The maximum absolute atomic E-state index is 12.1. The van der Waals surface area contributed by atoms with Crippen LogP contribution in [0.4, 0.5) is 0 Å². The number of piperidine rings is 1. The fraction of sp³-hybridized carbons (Fsp3) is 0.636. The van der Waals surface area contributed by atoms with Gasteiger partial charge in [-0.1, -0.05) is 0 Å². The standard InChI is InChI=1S/C11H17N3O2/c15-8-5-9-3-1-2-7-14(9)11(16)10-4-6-12-13-10/h4,6,9,15H,1-3,5,7-8H2,(H,12,13). The predicted octanol–water partition coefficient (Wildman–Crippen LogP) is 0.787. The molecule has 0 radical (unpaired) electrons. The minimum absolute atomic E-state index is 0.00403. The van der Waals surface area contributed by atoms with Crippen LogP contribution in [0.25, 0.3) is 0 Å². The molecule has 1 fully saturated rings. The maximum atomic E-state index is 12.1. The third-order valence-electron chi connectivity index (χ3n) is 3.08. The average Bonchev–Trinajstić information content (AvgIpc) is 2.83. The summed E-state index contributed by atoms with van der Waals surface area (Å²) in [6, 6.07) is 1.86. The molecule has 1 aliphatic rings. The molecule has 2 heterocycles. The first-order valence-electron chi connectivity index (χ1n) is 5.74. The number of aliphatic hydroxyl groups is 1. The van der Waals surface area contributed by atoms with E-state index in [-0.39, 0.29) is 18.6 Å². The van der Waals surface area contributed by atoms with Crippen LogP contribution in [-0.2, 0) is 0 Å². The van der Waals surface area contributed by atoms with Gasteiger partial charge in [-0.2, -0.15) is 5.10 Å². The highest BCUT2D eigenvalue weighted by Gasteiger charge is 2.27. The van der Waals surface area contributed by atoms with Crippen molar-refractivity contribution >= 4 is 5.91 Å². The molecule has 1 amide bonds. The molecule has 1 aromatic heterocycles. The fourth-order valence-electron chi connectivity index (χ4n) is 2.25. The molecule has 1 aliphatic heterocycles. The molecule has 2 rings (SSSR count). The van der Waals surface area contributed by atoms with Crippen LogP contribution >= 0.6 is 0 Å². The lowest BCUT2D eigenvalue weighted by atomic mass is 9.99. The van der Waals surface area contributed by atoms with Crippen LogP contribution in [0.2, 0.25) is 0 Å². The van der Waals surface area contributed by atoms with E-state index in [2.05, 4.69) is 10.2 Å². The van der Waals surface area contributed by atoms with Crippen LogP contribution < -0.4 is 0 Å². The van der Waals surface area contributed by atoms with Crippen LogP contribution in [0.3, 0.4) is 0 Å². The van der Waals surface area contributed by atoms with Crippen molar-refractivity contribution in [3.63, 3.8) is 0 Å². The lowest BCUT2D eigenvalue weighted by molar-refractivity contribution is 0.0568. The van der Waals surface area contributed by atoms with Crippen LogP contribution in [-0.4, -0.2) is 45.3 Å². The van der Waals surface area contributed by atoms with Gasteiger partial charge in [-0.3, -0.25) is 9.89 Å². The number of hydrogen-bond donors (Lipinski definition) is 2. The molecule has 1 atom stereocenters. The Balaban J connectivity index is 2.08. The van der Waals surface area contributed by atoms with E-state index >= 15 is 0 Å². The number of amides is 1. The second kappa shape index (κ2) is 5.12. The summed E-state index contributed by atoms with van der Waals surface area (Å²) in [6.45, 7) is 0.917. The second-order valence-corrected chi connectivity index (χ2v) is 4.13. The molecule has 88 valence electrons. The second-order valence-electron chi connectivity index (χ2n) is 4.13. The molecule has 0 aliphatic carbocycles. The number of nitrogens with zero attached hydrogens (tertiary/aromatic N) is 2. The predicted molar refractivity (Wildman–Crippen MR) is 59.0 cm³/mol. The van der Waals surface area contributed by atoms with Gasteiger partial charge in [0.05, 0.1) is 0 Å². The topological polar surface area (TPSA) is 69.2 Å². The molecular formula is C11H17N3O2. The first-order valence-corrected chi connectivity index (χ1v) is 5.74. The number of H-pyrrole nitrogens is 1. The zero-order valence-electron chi connectivity index (χ0n) is 9.22. The summed E-state index contributed by atoms with van der Waals surface area (Å²) >= 11 is 0. The molecule has 0 spiro atoms. The lowest BCUT2D eigenvalue weighted by Crippen LogP contribution is -2.44. The summed E-state index contributed by atoms with van der Waals surface area (Å²) in [4.78, 5) is 14.0. The number of carbonyl (C=O) groups is 1. The number of rotatable bonds is 3.